The Labute approximate surface area is 81.7 Å². The number of rotatable bonds is 4. The van der Waals surface area contributed by atoms with E-state index >= 15 is 0 Å². The van der Waals surface area contributed by atoms with Gasteiger partial charge in [-0.3, -0.25) is 4.79 Å². The molecular weight excluding hydrogens is 186 g/mol. The average molecular weight is 198 g/mol. The number of ketones is 1. The lowest BCUT2D eigenvalue weighted by atomic mass is 10.1. The van der Waals surface area contributed by atoms with Crippen molar-refractivity contribution in [1.29, 1.82) is 0 Å². The highest BCUT2D eigenvalue weighted by molar-refractivity contribution is 5.78. The molecule has 0 saturated heterocycles. The third-order valence-electron chi connectivity index (χ3n) is 2.08. The quantitative estimate of drug-likeness (QED) is 0.727. The minimum absolute atomic E-state index is 0.0636. The van der Waals surface area contributed by atoms with Crippen molar-refractivity contribution in [2.75, 3.05) is 0 Å². The monoisotopic (exact) mass is 198 g/mol. The molecule has 0 amide bonds. The van der Waals surface area contributed by atoms with E-state index < -0.39 is 11.6 Å². The molecule has 0 spiro atoms. The zero-order valence-corrected chi connectivity index (χ0v) is 8.02. The SMILES string of the molecule is CCC(=O)CCc1cc(F)ccc1F. The van der Waals surface area contributed by atoms with Gasteiger partial charge < -0.3 is 0 Å². The fourth-order valence-corrected chi connectivity index (χ4v) is 1.19. The van der Waals surface area contributed by atoms with Crippen LogP contribution in [0.25, 0.3) is 0 Å². The second-order valence-corrected chi connectivity index (χ2v) is 3.13. The van der Waals surface area contributed by atoms with Gasteiger partial charge in [-0.2, -0.15) is 0 Å². The molecule has 14 heavy (non-hydrogen) atoms. The molecule has 0 aliphatic heterocycles. The predicted molar refractivity (Wildman–Crippen MR) is 50.0 cm³/mol. The number of hydrogen-bond donors (Lipinski definition) is 0. The van der Waals surface area contributed by atoms with E-state index in [4.69, 9.17) is 0 Å². The predicted octanol–water partition coefficient (Wildman–Crippen LogP) is 2.88. The Kier molecular flexibility index (Phi) is 3.74. The van der Waals surface area contributed by atoms with Gasteiger partial charge in [0.25, 0.3) is 0 Å². The van der Waals surface area contributed by atoms with Crippen molar-refractivity contribution in [3.05, 3.63) is 35.4 Å². The highest BCUT2D eigenvalue weighted by atomic mass is 19.1. The first kappa shape index (κ1) is 10.8. The van der Waals surface area contributed by atoms with E-state index in [1.165, 1.54) is 0 Å². The van der Waals surface area contributed by atoms with E-state index in [2.05, 4.69) is 0 Å². The Morgan fingerprint density at radius 1 is 1.36 bits per heavy atom. The fraction of sp³-hybridized carbons (Fsp3) is 0.364. The summed E-state index contributed by atoms with van der Waals surface area (Å²) in [4.78, 5) is 11.0. The van der Waals surface area contributed by atoms with Crippen LogP contribution in [0.5, 0.6) is 0 Å². The van der Waals surface area contributed by atoms with E-state index in [1.54, 1.807) is 6.92 Å². The maximum Gasteiger partial charge on any atom is 0.132 e. The standard InChI is InChI=1S/C11H12F2O/c1-2-10(14)5-3-8-7-9(12)4-6-11(8)13/h4,6-7H,2-3,5H2,1H3. The first-order chi connectivity index (χ1) is 6.63. The molecule has 0 unspecified atom stereocenters. The van der Waals surface area contributed by atoms with Crippen molar-refractivity contribution < 1.29 is 13.6 Å². The molecule has 0 aliphatic carbocycles. The van der Waals surface area contributed by atoms with Gasteiger partial charge in [-0.25, -0.2) is 8.78 Å². The molecule has 0 aliphatic rings. The third kappa shape index (κ3) is 2.91. The Morgan fingerprint density at radius 2 is 2.07 bits per heavy atom. The molecule has 1 nitrogen and oxygen atoms in total. The lowest BCUT2D eigenvalue weighted by molar-refractivity contribution is -0.118. The van der Waals surface area contributed by atoms with E-state index in [9.17, 15) is 13.6 Å². The van der Waals surface area contributed by atoms with Gasteiger partial charge in [0.1, 0.15) is 17.4 Å². The molecule has 0 N–H and O–H groups in total. The number of aryl methyl sites for hydroxylation is 1. The van der Waals surface area contributed by atoms with Crippen LogP contribution in [0.2, 0.25) is 0 Å². The number of benzene rings is 1. The van der Waals surface area contributed by atoms with Crippen molar-refractivity contribution in [3.63, 3.8) is 0 Å². The van der Waals surface area contributed by atoms with E-state index in [0.717, 1.165) is 18.2 Å². The second-order valence-electron chi connectivity index (χ2n) is 3.13. The number of halogens is 2. The number of carbonyl (C=O) groups excluding carboxylic acids is 1. The van der Waals surface area contributed by atoms with Gasteiger partial charge in [0, 0.05) is 12.8 Å². The van der Waals surface area contributed by atoms with E-state index in [1.807, 2.05) is 0 Å². The molecule has 1 rings (SSSR count). The summed E-state index contributed by atoms with van der Waals surface area (Å²) in [7, 11) is 0. The summed E-state index contributed by atoms with van der Waals surface area (Å²) < 4.78 is 25.7. The summed E-state index contributed by atoms with van der Waals surface area (Å²) in [6.45, 7) is 1.75. The Hall–Kier alpha value is -1.25. The van der Waals surface area contributed by atoms with Crippen LogP contribution in [0.15, 0.2) is 18.2 Å². The molecular formula is C11H12F2O. The molecule has 1 aromatic carbocycles. The van der Waals surface area contributed by atoms with Crippen LogP contribution in [0.1, 0.15) is 25.3 Å². The topological polar surface area (TPSA) is 17.1 Å². The van der Waals surface area contributed by atoms with Crippen molar-refractivity contribution >= 4 is 5.78 Å². The highest BCUT2D eigenvalue weighted by Crippen LogP contribution is 2.12. The maximum atomic E-state index is 13.0. The minimum atomic E-state index is -0.467. The molecule has 0 atom stereocenters. The van der Waals surface area contributed by atoms with Crippen LogP contribution in [0.3, 0.4) is 0 Å². The summed E-state index contributed by atoms with van der Waals surface area (Å²) >= 11 is 0. The molecule has 0 heterocycles. The van der Waals surface area contributed by atoms with Crippen LogP contribution >= 0.6 is 0 Å². The van der Waals surface area contributed by atoms with Crippen LogP contribution in [0.4, 0.5) is 8.78 Å². The zero-order chi connectivity index (χ0) is 10.6. The largest absolute Gasteiger partial charge is 0.300 e. The Bertz CT molecular complexity index is 334. The lowest BCUT2D eigenvalue weighted by Crippen LogP contribution is -2.00. The first-order valence-electron chi connectivity index (χ1n) is 4.59. The van der Waals surface area contributed by atoms with Crippen LogP contribution in [-0.4, -0.2) is 5.78 Å². The third-order valence-corrected chi connectivity index (χ3v) is 2.08. The maximum absolute atomic E-state index is 13.0. The summed E-state index contributed by atoms with van der Waals surface area (Å²) in [6, 6.07) is 3.29. The van der Waals surface area contributed by atoms with Crippen molar-refractivity contribution in [2.45, 2.75) is 26.2 Å². The molecule has 0 saturated carbocycles. The first-order valence-corrected chi connectivity index (χ1v) is 4.59. The molecule has 76 valence electrons. The van der Waals surface area contributed by atoms with Gasteiger partial charge in [0.05, 0.1) is 0 Å². The summed E-state index contributed by atoms with van der Waals surface area (Å²) in [5.41, 5.74) is 0.270. The lowest BCUT2D eigenvalue weighted by Gasteiger charge is -2.01. The van der Waals surface area contributed by atoms with E-state index in [0.29, 0.717) is 6.42 Å². The zero-order valence-electron chi connectivity index (χ0n) is 8.02. The normalized spacial score (nSPS) is 10.2. The molecule has 0 bridgehead atoms. The molecule has 0 aromatic heterocycles. The van der Waals surface area contributed by atoms with Crippen LogP contribution in [-0.2, 0) is 11.2 Å². The minimum Gasteiger partial charge on any atom is -0.300 e. The van der Waals surface area contributed by atoms with Crippen molar-refractivity contribution in [2.24, 2.45) is 0 Å². The van der Waals surface area contributed by atoms with Gasteiger partial charge in [-0.1, -0.05) is 6.92 Å². The number of carbonyl (C=O) groups is 1. The molecule has 1 aromatic rings. The smallest absolute Gasteiger partial charge is 0.132 e. The molecule has 3 heteroatoms. The van der Waals surface area contributed by atoms with Gasteiger partial charge in [-0.15, -0.1) is 0 Å². The fourth-order valence-electron chi connectivity index (χ4n) is 1.19. The van der Waals surface area contributed by atoms with Gasteiger partial charge >= 0.3 is 0 Å². The Balaban J connectivity index is 2.66. The Morgan fingerprint density at radius 3 is 2.71 bits per heavy atom. The van der Waals surface area contributed by atoms with Crippen LogP contribution < -0.4 is 0 Å². The summed E-state index contributed by atoms with van der Waals surface area (Å²) in [5.74, 6) is -0.852. The second kappa shape index (κ2) is 4.84. The molecule has 0 radical (unpaired) electrons. The number of Topliss-reactive ketones (excluding diaryl/α,β-unsaturated/α-hetero) is 1. The van der Waals surface area contributed by atoms with Crippen LogP contribution in [0, 0.1) is 11.6 Å². The van der Waals surface area contributed by atoms with E-state index in [-0.39, 0.29) is 24.2 Å². The molecule has 0 fully saturated rings. The van der Waals surface area contributed by atoms with Gasteiger partial charge in [0.2, 0.25) is 0 Å². The van der Waals surface area contributed by atoms with Crippen molar-refractivity contribution in [3.8, 4) is 0 Å². The summed E-state index contributed by atoms with van der Waals surface area (Å²) in [6.07, 6.45) is 0.990. The average Bonchev–Trinajstić information content (AvgIpc) is 2.19. The number of hydrogen-bond acceptors (Lipinski definition) is 1. The highest BCUT2D eigenvalue weighted by Gasteiger charge is 2.05. The van der Waals surface area contributed by atoms with Gasteiger partial charge in [0.15, 0.2) is 0 Å². The van der Waals surface area contributed by atoms with Crippen molar-refractivity contribution in [1.82, 2.24) is 0 Å². The summed E-state index contributed by atoms with van der Waals surface area (Å²) in [5, 5.41) is 0. The van der Waals surface area contributed by atoms with Gasteiger partial charge in [-0.05, 0) is 30.2 Å².